The maximum Gasteiger partial charge on any atom is 0.226 e. The third-order valence-corrected chi connectivity index (χ3v) is 5.66. The van der Waals surface area contributed by atoms with Crippen molar-refractivity contribution in [1.29, 1.82) is 0 Å². The largest absolute Gasteiger partial charge is 0.339 e. The fourth-order valence-corrected chi connectivity index (χ4v) is 4.16. The molecule has 1 aliphatic rings. The van der Waals surface area contributed by atoms with Gasteiger partial charge in [-0.2, -0.15) is 4.98 Å². The number of nitrogens with zero attached hydrogens (tertiary/aromatic N) is 2. The standard InChI is InChI=1S/C22H22F2N2O/c23-18-10-9-16(15-19(18)24)21-25-20(27-26-21)11-14-22(12-5-2-6-13-22)17-7-3-1-4-8-17/h1,3-4,7-10,15H,2,5-6,11-14H2. The Morgan fingerprint density at radius 2 is 1.70 bits per heavy atom. The molecule has 0 unspecified atom stereocenters. The van der Waals surface area contributed by atoms with E-state index in [0.29, 0.717) is 23.7 Å². The molecule has 0 aliphatic heterocycles. The van der Waals surface area contributed by atoms with Crippen LogP contribution in [0.25, 0.3) is 11.4 Å². The number of aryl methyl sites for hydroxylation is 1. The van der Waals surface area contributed by atoms with E-state index in [0.717, 1.165) is 18.6 Å². The van der Waals surface area contributed by atoms with Crippen molar-refractivity contribution in [1.82, 2.24) is 10.1 Å². The smallest absolute Gasteiger partial charge is 0.226 e. The average Bonchev–Trinajstić information content (AvgIpc) is 3.19. The van der Waals surface area contributed by atoms with Gasteiger partial charge in [0.2, 0.25) is 11.7 Å². The molecule has 5 heteroatoms. The van der Waals surface area contributed by atoms with Gasteiger partial charge in [0.1, 0.15) is 0 Å². The summed E-state index contributed by atoms with van der Waals surface area (Å²) in [5, 5.41) is 3.94. The summed E-state index contributed by atoms with van der Waals surface area (Å²) in [5.41, 5.74) is 1.94. The van der Waals surface area contributed by atoms with E-state index in [-0.39, 0.29) is 5.41 Å². The number of rotatable bonds is 5. The summed E-state index contributed by atoms with van der Waals surface area (Å²) in [5.74, 6) is -0.967. The molecule has 27 heavy (non-hydrogen) atoms. The first-order valence-corrected chi connectivity index (χ1v) is 9.50. The highest BCUT2D eigenvalue weighted by atomic mass is 19.2. The molecule has 1 aliphatic carbocycles. The topological polar surface area (TPSA) is 38.9 Å². The predicted molar refractivity (Wildman–Crippen MR) is 99.2 cm³/mol. The minimum atomic E-state index is -0.913. The molecule has 0 amide bonds. The van der Waals surface area contributed by atoms with Gasteiger partial charge in [-0.25, -0.2) is 8.78 Å². The summed E-state index contributed by atoms with van der Waals surface area (Å²) in [6.45, 7) is 0. The SMILES string of the molecule is Fc1ccc(-c2noc(CCC3(c4ccccc4)CCCCC3)n2)cc1F. The monoisotopic (exact) mass is 368 g/mol. The van der Waals surface area contributed by atoms with Crippen LogP contribution in [0.4, 0.5) is 8.78 Å². The molecular formula is C22H22F2N2O. The van der Waals surface area contributed by atoms with Gasteiger partial charge in [0.25, 0.3) is 0 Å². The van der Waals surface area contributed by atoms with Gasteiger partial charge in [0.05, 0.1) is 0 Å². The van der Waals surface area contributed by atoms with Crippen LogP contribution < -0.4 is 0 Å². The molecule has 140 valence electrons. The molecule has 1 saturated carbocycles. The van der Waals surface area contributed by atoms with Gasteiger partial charge in [0.15, 0.2) is 11.6 Å². The van der Waals surface area contributed by atoms with Crippen LogP contribution in [-0.4, -0.2) is 10.1 Å². The fourth-order valence-electron chi connectivity index (χ4n) is 4.16. The molecule has 0 N–H and O–H groups in total. The Bertz CT molecular complexity index is 902. The Labute approximate surface area is 157 Å². The molecule has 4 rings (SSSR count). The quantitative estimate of drug-likeness (QED) is 0.567. The molecule has 1 heterocycles. The lowest BCUT2D eigenvalue weighted by atomic mass is 9.67. The van der Waals surface area contributed by atoms with Gasteiger partial charge >= 0.3 is 0 Å². The molecule has 3 nitrogen and oxygen atoms in total. The van der Waals surface area contributed by atoms with Crippen molar-refractivity contribution >= 4 is 0 Å². The Balaban J connectivity index is 1.52. The van der Waals surface area contributed by atoms with Crippen molar-refractivity contribution in [3.63, 3.8) is 0 Å². The van der Waals surface area contributed by atoms with E-state index >= 15 is 0 Å². The zero-order chi connectivity index (χ0) is 18.7. The Kier molecular flexibility index (Phi) is 5.01. The predicted octanol–water partition coefficient (Wildman–Crippen LogP) is 5.85. The molecule has 0 saturated heterocycles. The molecule has 0 radical (unpaired) electrons. The van der Waals surface area contributed by atoms with Gasteiger partial charge < -0.3 is 4.52 Å². The fraction of sp³-hybridized carbons (Fsp3) is 0.364. The van der Waals surface area contributed by atoms with Crippen LogP contribution in [0.5, 0.6) is 0 Å². The van der Waals surface area contributed by atoms with Crippen molar-refractivity contribution in [3.8, 4) is 11.4 Å². The van der Waals surface area contributed by atoms with Crippen molar-refractivity contribution in [3.05, 3.63) is 71.6 Å². The zero-order valence-corrected chi connectivity index (χ0v) is 15.1. The van der Waals surface area contributed by atoms with Crippen LogP contribution in [-0.2, 0) is 11.8 Å². The van der Waals surface area contributed by atoms with E-state index in [1.165, 1.54) is 43.7 Å². The van der Waals surface area contributed by atoms with Crippen molar-refractivity contribution in [2.24, 2.45) is 0 Å². The second-order valence-electron chi connectivity index (χ2n) is 7.35. The van der Waals surface area contributed by atoms with Crippen LogP contribution in [0.1, 0.15) is 50.0 Å². The summed E-state index contributed by atoms with van der Waals surface area (Å²) in [6, 6.07) is 14.3. The lowest BCUT2D eigenvalue weighted by molar-refractivity contribution is 0.261. The van der Waals surface area contributed by atoms with Gasteiger partial charge in [-0.15, -0.1) is 0 Å². The van der Waals surface area contributed by atoms with Crippen LogP contribution >= 0.6 is 0 Å². The molecular weight excluding hydrogens is 346 g/mol. The highest BCUT2D eigenvalue weighted by molar-refractivity contribution is 5.54. The van der Waals surface area contributed by atoms with E-state index in [2.05, 4.69) is 34.4 Å². The zero-order valence-electron chi connectivity index (χ0n) is 15.1. The number of aromatic nitrogens is 2. The molecule has 0 spiro atoms. The summed E-state index contributed by atoms with van der Waals surface area (Å²) >= 11 is 0. The molecule has 0 atom stereocenters. The van der Waals surface area contributed by atoms with Gasteiger partial charge in [-0.05, 0) is 48.4 Å². The second-order valence-corrected chi connectivity index (χ2v) is 7.35. The number of halogens is 2. The van der Waals surface area contributed by atoms with Crippen molar-refractivity contribution in [2.45, 2.75) is 50.4 Å². The minimum absolute atomic E-state index is 0.149. The van der Waals surface area contributed by atoms with E-state index in [1.54, 1.807) is 0 Å². The Morgan fingerprint density at radius 3 is 2.44 bits per heavy atom. The number of hydrogen-bond donors (Lipinski definition) is 0. The van der Waals surface area contributed by atoms with Crippen LogP contribution in [0.15, 0.2) is 53.1 Å². The highest BCUT2D eigenvalue weighted by Gasteiger charge is 2.33. The minimum Gasteiger partial charge on any atom is -0.339 e. The van der Waals surface area contributed by atoms with E-state index in [4.69, 9.17) is 4.52 Å². The first-order chi connectivity index (χ1) is 13.2. The maximum absolute atomic E-state index is 13.4. The highest BCUT2D eigenvalue weighted by Crippen LogP contribution is 2.42. The number of hydrogen-bond acceptors (Lipinski definition) is 3. The van der Waals surface area contributed by atoms with Gasteiger partial charge in [-0.3, -0.25) is 0 Å². The molecule has 0 bridgehead atoms. The first kappa shape index (κ1) is 17.8. The van der Waals surface area contributed by atoms with Gasteiger partial charge in [0, 0.05) is 12.0 Å². The van der Waals surface area contributed by atoms with Crippen LogP contribution in [0.3, 0.4) is 0 Å². The Hall–Kier alpha value is -2.56. The van der Waals surface area contributed by atoms with E-state index in [9.17, 15) is 8.78 Å². The van der Waals surface area contributed by atoms with Crippen molar-refractivity contribution in [2.75, 3.05) is 0 Å². The summed E-state index contributed by atoms with van der Waals surface area (Å²) in [6.07, 6.45) is 7.71. The molecule has 2 aromatic carbocycles. The number of benzene rings is 2. The average molecular weight is 368 g/mol. The lowest BCUT2D eigenvalue weighted by Gasteiger charge is -2.38. The van der Waals surface area contributed by atoms with Gasteiger partial charge in [-0.1, -0.05) is 54.8 Å². The summed E-state index contributed by atoms with van der Waals surface area (Å²) in [4.78, 5) is 4.39. The van der Waals surface area contributed by atoms with Crippen LogP contribution in [0, 0.1) is 11.6 Å². The summed E-state index contributed by atoms with van der Waals surface area (Å²) in [7, 11) is 0. The third-order valence-electron chi connectivity index (χ3n) is 5.66. The third kappa shape index (κ3) is 3.77. The normalized spacial score (nSPS) is 16.4. The lowest BCUT2D eigenvalue weighted by Crippen LogP contribution is -2.29. The Morgan fingerprint density at radius 1 is 0.926 bits per heavy atom. The first-order valence-electron chi connectivity index (χ1n) is 9.50. The molecule has 1 fully saturated rings. The van der Waals surface area contributed by atoms with E-state index < -0.39 is 11.6 Å². The van der Waals surface area contributed by atoms with E-state index in [1.807, 2.05) is 6.07 Å². The maximum atomic E-state index is 13.4. The van der Waals surface area contributed by atoms with Crippen LogP contribution in [0.2, 0.25) is 0 Å². The molecule has 1 aromatic heterocycles. The van der Waals surface area contributed by atoms with Crippen molar-refractivity contribution < 1.29 is 13.3 Å². The second kappa shape index (κ2) is 7.59. The summed E-state index contributed by atoms with van der Waals surface area (Å²) < 4.78 is 31.9. The molecule has 3 aromatic rings.